The average molecular weight is 339 g/mol. The van der Waals surface area contributed by atoms with E-state index in [9.17, 15) is 0 Å². The maximum atomic E-state index is 6.18. The zero-order valence-electron chi connectivity index (χ0n) is 10.5. The monoisotopic (exact) mass is 337 g/mol. The summed E-state index contributed by atoms with van der Waals surface area (Å²) in [5.74, 6) is 2.20. The Hall–Kier alpha value is -1.13. The molecule has 2 aromatic rings. The highest BCUT2D eigenvalue weighted by molar-refractivity contribution is 9.10. The summed E-state index contributed by atoms with van der Waals surface area (Å²) < 4.78 is 0.802. The Balaban J connectivity index is 1.92. The highest BCUT2D eigenvalue weighted by Gasteiger charge is 2.27. The van der Waals surface area contributed by atoms with E-state index in [1.807, 2.05) is 31.2 Å². The van der Waals surface area contributed by atoms with E-state index in [2.05, 4.69) is 31.2 Å². The molecule has 5 heteroatoms. The Kier molecular flexibility index (Phi) is 3.46. The molecule has 0 aliphatic heterocycles. The van der Waals surface area contributed by atoms with Crippen LogP contribution >= 0.6 is 27.5 Å². The molecule has 1 N–H and O–H groups in total. The van der Waals surface area contributed by atoms with Gasteiger partial charge in [0.1, 0.15) is 16.2 Å². The van der Waals surface area contributed by atoms with Crippen molar-refractivity contribution in [2.24, 2.45) is 0 Å². The van der Waals surface area contributed by atoms with E-state index in [0.717, 1.165) is 27.5 Å². The number of nitrogens with zero attached hydrogens (tertiary/aromatic N) is 2. The molecule has 1 fully saturated rings. The highest BCUT2D eigenvalue weighted by Crippen LogP contribution is 2.39. The Morgan fingerprint density at radius 1 is 1.26 bits per heavy atom. The standard InChI is InChI=1S/C14H13BrClN3/c1-8-2-5-10(16)11(6-8)17-13-7-12(15)18-14(19-13)9-3-4-9/h2,5-7,9H,3-4H2,1H3,(H,17,18,19). The second kappa shape index (κ2) is 5.10. The molecule has 0 atom stereocenters. The molecule has 1 aromatic carbocycles. The summed E-state index contributed by atoms with van der Waals surface area (Å²) in [4.78, 5) is 8.96. The number of halogens is 2. The van der Waals surface area contributed by atoms with Gasteiger partial charge in [-0.15, -0.1) is 0 Å². The number of benzene rings is 1. The summed E-state index contributed by atoms with van der Waals surface area (Å²) in [5, 5.41) is 3.95. The van der Waals surface area contributed by atoms with Crippen molar-refractivity contribution in [1.82, 2.24) is 9.97 Å². The van der Waals surface area contributed by atoms with E-state index in [-0.39, 0.29) is 0 Å². The second-order valence-corrected chi connectivity index (χ2v) is 6.04. The lowest BCUT2D eigenvalue weighted by molar-refractivity contribution is 0.919. The number of rotatable bonds is 3. The predicted molar refractivity (Wildman–Crippen MR) is 81.2 cm³/mol. The molecule has 0 spiro atoms. The lowest BCUT2D eigenvalue weighted by Gasteiger charge is -2.10. The van der Waals surface area contributed by atoms with Crippen molar-refractivity contribution in [3.05, 3.63) is 45.3 Å². The summed E-state index contributed by atoms with van der Waals surface area (Å²) in [5.41, 5.74) is 2.02. The molecule has 0 amide bonds. The number of nitrogens with one attached hydrogen (secondary N) is 1. The van der Waals surface area contributed by atoms with Crippen molar-refractivity contribution in [2.75, 3.05) is 5.32 Å². The molecule has 0 bridgehead atoms. The normalized spacial score (nSPS) is 14.5. The lowest BCUT2D eigenvalue weighted by atomic mass is 10.2. The Morgan fingerprint density at radius 3 is 2.79 bits per heavy atom. The van der Waals surface area contributed by atoms with Crippen molar-refractivity contribution in [3.8, 4) is 0 Å². The molecule has 3 nitrogen and oxygen atoms in total. The van der Waals surface area contributed by atoms with Crippen LogP contribution in [0.2, 0.25) is 5.02 Å². The molecule has 1 heterocycles. The van der Waals surface area contributed by atoms with Crippen molar-refractivity contribution in [1.29, 1.82) is 0 Å². The van der Waals surface area contributed by atoms with Gasteiger partial charge in [0.25, 0.3) is 0 Å². The van der Waals surface area contributed by atoms with Crippen molar-refractivity contribution >= 4 is 39.0 Å². The van der Waals surface area contributed by atoms with Crippen LogP contribution in [-0.2, 0) is 0 Å². The van der Waals surface area contributed by atoms with Gasteiger partial charge in [-0.2, -0.15) is 0 Å². The van der Waals surface area contributed by atoms with Crippen LogP contribution in [-0.4, -0.2) is 9.97 Å². The Morgan fingerprint density at radius 2 is 2.05 bits per heavy atom. The van der Waals surface area contributed by atoms with Gasteiger partial charge in [-0.25, -0.2) is 9.97 Å². The van der Waals surface area contributed by atoms with Crippen LogP contribution < -0.4 is 5.32 Å². The van der Waals surface area contributed by atoms with E-state index < -0.39 is 0 Å². The fraction of sp³-hybridized carbons (Fsp3) is 0.286. The number of aromatic nitrogens is 2. The molecule has 1 aromatic heterocycles. The van der Waals surface area contributed by atoms with Crippen LogP contribution in [0.5, 0.6) is 0 Å². The van der Waals surface area contributed by atoms with Gasteiger partial charge in [0.15, 0.2) is 0 Å². The van der Waals surface area contributed by atoms with Gasteiger partial charge >= 0.3 is 0 Å². The molecule has 0 saturated heterocycles. The molecule has 3 rings (SSSR count). The number of anilines is 2. The van der Waals surface area contributed by atoms with E-state index in [1.165, 1.54) is 12.8 Å². The van der Waals surface area contributed by atoms with Crippen molar-refractivity contribution in [2.45, 2.75) is 25.7 Å². The first-order valence-electron chi connectivity index (χ1n) is 6.19. The first kappa shape index (κ1) is 12.9. The molecular weight excluding hydrogens is 326 g/mol. The van der Waals surface area contributed by atoms with E-state index in [1.54, 1.807) is 0 Å². The molecule has 1 aliphatic carbocycles. The van der Waals surface area contributed by atoms with Gasteiger partial charge in [-0.1, -0.05) is 17.7 Å². The minimum absolute atomic E-state index is 0.519. The SMILES string of the molecule is Cc1ccc(Cl)c(Nc2cc(Br)nc(C3CC3)n2)c1. The summed E-state index contributed by atoms with van der Waals surface area (Å²) in [7, 11) is 0. The minimum atomic E-state index is 0.519. The van der Waals surface area contributed by atoms with Gasteiger partial charge in [0.05, 0.1) is 10.7 Å². The van der Waals surface area contributed by atoms with Gasteiger partial charge in [0.2, 0.25) is 0 Å². The fourth-order valence-electron chi connectivity index (χ4n) is 1.90. The van der Waals surface area contributed by atoms with Crippen LogP contribution in [0.25, 0.3) is 0 Å². The van der Waals surface area contributed by atoms with Crippen LogP contribution in [0.4, 0.5) is 11.5 Å². The Bertz CT molecular complexity index is 626. The van der Waals surface area contributed by atoms with Crippen LogP contribution in [0, 0.1) is 6.92 Å². The summed E-state index contributed by atoms with van der Waals surface area (Å²) in [6.07, 6.45) is 2.36. The number of hydrogen-bond acceptors (Lipinski definition) is 3. The van der Waals surface area contributed by atoms with Gasteiger partial charge in [0, 0.05) is 12.0 Å². The van der Waals surface area contributed by atoms with Crippen LogP contribution in [0.1, 0.15) is 30.1 Å². The maximum Gasteiger partial charge on any atom is 0.135 e. The highest BCUT2D eigenvalue weighted by atomic mass is 79.9. The van der Waals surface area contributed by atoms with E-state index >= 15 is 0 Å². The largest absolute Gasteiger partial charge is 0.339 e. The van der Waals surface area contributed by atoms with Gasteiger partial charge < -0.3 is 5.32 Å². The lowest BCUT2D eigenvalue weighted by Crippen LogP contribution is -2.00. The third-order valence-electron chi connectivity index (χ3n) is 3.04. The summed E-state index contributed by atoms with van der Waals surface area (Å²) in [6, 6.07) is 7.75. The molecule has 0 unspecified atom stereocenters. The van der Waals surface area contributed by atoms with E-state index in [4.69, 9.17) is 11.6 Å². The third-order valence-corrected chi connectivity index (χ3v) is 3.78. The summed E-state index contributed by atoms with van der Waals surface area (Å²) in [6.45, 7) is 2.03. The number of aryl methyl sites for hydroxylation is 1. The average Bonchev–Trinajstić information content (AvgIpc) is 3.17. The van der Waals surface area contributed by atoms with Crippen molar-refractivity contribution in [3.63, 3.8) is 0 Å². The third kappa shape index (κ3) is 3.07. The molecule has 0 radical (unpaired) electrons. The molecular formula is C14H13BrClN3. The summed E-state index contributed by atoms with van der Waals surface area (Å²) >= 11 is 9.61. The molecule has 1 saturated carbocycles. The van der Waals surface area contributed by atoms with Gasteiger partial charge in [-0.05, 0) is 53.4 Å². The topological polar surface area (TPSA) is 37.8 Å². The first-order valence-corrected chi connectivity index (χ1v) is 7.36. The van der Waals surface area contributed by atoms with Crippen LogP contribution in [0.15, 0.2) is 28.9 Å². The minimum Gasteiger partial charge on any atom is -0.339 e. The van der Waals surface area contributed by atoms with Crippen molar-refractivity contribution < 1.29 is 0 Å². The van der Waals surface area contributed by atoms with Crippen LogP contribution in [0.3, 0.4) is 0 Å². The smallest absolute Gasteiger partial charge is 0.135 e. The quantitative estimate of drug-likeness (QED) is 0.815. The maximum absolute atomic E-state index is 6.18. The molecule has 19 heavy (non-hydrogen) atoms. The second-order valence-electron chi connectivity index (χ2n) is 4.82. The fourth-order valence-corrected chi connectivity index (χ4v) is 2.46. The van der Waals surface area contributed by atoms with E-state index in [0.29, 0.717) is 10.9 Å². The molecule has 1 aliphatic rings. The first-order chi connectivity index (χ1) is 9.11. The number of hydrogen-bond donors (Lipinski definition) is 1. The zero-order chi connectivity index (χ0) is 13.4. The predicted octanol–water partition coefficient (Wildman–Crippen LogP) is 4.82. The zero-order valence-corrected chi connectivity index (χ0v) is 12.8. The molecule has 98 valence electrons. The van der Waals surface area contributed by atoms with Gasteiger partial charge in [-0.3, -0.25) is 0 Å². The Labute approximate surface area is 125 Å².